The fourth-order valence-electron chi connectivity index (χ4n) is 1.83. The molecule has 82 valence electrons. The largest absolute Gasteiger partial charge is 0.395 e. The monoisotopic (exact) mass is 246 g/mol. The molecule has 14 heavy (non-hydrogen) atoms. The standard InChI is InChI=1S/C9H11Cl2F3/c1-4-5(9(12,13)14)6-7(2,3)8(6,10)11/h4-6H,1H2,2-3H3. The van der Waals surface area contributed by atoms with Crippen LogP contribution >= 0.6 is 23.2 Å². The zero-order valence-corrected chi connectivity index (χ0v) is 9.34. The van der Waals surface area contributed by atoms with Gasteiger partial charge in [0.1, 0.15) is 4.33 Å². The highest BCUT2D eigenvalue weighted by atomic mass is 35.5. The number of hydrogen-bond acceptors (Lipinski definition) is 0. The highest BCUT2D eigenvalue weighted by Crippen LogP contribution is 2.73. The van der Waals surface area contributed by atoms with Crippen LogP contribution in [0.25, 0.3) is 0 Å². The molecular formula is C9H11Cl2F3. The predicted molar refractivity (Wildman–Crippen MR) is 51.5 cm³/mol. The average Bonchev–Trinajstić information content (AvgIpc) is 2.30. The van der Waals surface area contributed by atoms with Crippen LogP contribution in [-0.2, 0) is 0 Å². The van der Waals surface area contributed by atoms with Gasteiger partial charge in [0.05, 0.1) is 5.92 Å². The Morgan fingerprint density at radius 3 is 1.79 bits per heavy atom. The first-order chi connectivity index (χ1) is 6.06. The van der Waals surface area contributed by atoms with Crippen molar-refractivity contribution in [3.8, 4) is 0 Å². The summed E-state index contributed by atoms with van der Waals surface area (Å²) in [6, 6.07) is 0. The lowest BCUT2D eigenvalue weighted by Crippen LogP contribution is -2.25. The van der Waals surface area contributed by atoms with Crippen LogP contribution in [0.2, 0.25) is 0 Å². The molecule has 2 atom stereocenters. The lowest BCUT2D eigenvalue weighted by molar-refractivity contribution is -0.168. The van der Waals surface area contributed by atoms with Gasteiger partial charge in [-0.3, -0.25) is 0 Å². The number of halogens is 5. The van der Waals surface area contributed by atoms with E-state index >= 15 is 0 Å². The Morgan fingerprint density at radius 2 is 1.71 bits per heavy atom. The summed E-state index contributed by atoms with van der Waals surface area (Å²) in [6.07, 6.45) is -3.45. The van der Waals surface area contributed by atoms with Gasteiger partial charge in [-0.2, -0.15) is 13.2 Å². The van der Waals surface area contributed by atoms with E-state index in [0.717, 1.165) is 6.08 Å². The predicted octanol–water partition coefficient (Wildman–Crippen LogP) is 4.18. The summed E-state index contributed by atoms with van der Waals surface area (Å²) in [6.45, 7) is 6.43. The van der Waals surface area contributed by atoms with Gasteiger partial charge in [0.2, 0.25) is 0 Å². The Morgan fingerprint density at radius 1 is 1.36 bits per heavy atom. The van der Waals surface area contributed by atoms with Crippen LogP contribution < -0.4 is 0 Å². The third-order valence-electron chi connectivity index (χ3n) is 2.93. The lowest BCUT2D eigenvalue weighted by Gasteiger charge is -2.17. The molecule has 0 aromatic carbocycles. The smallest absolute Gasteiger partial charge is 0.170 e. The van der Waals surface area contributed by atoms with E-state index in [0.29, 0.717) is 0 Å². The maximum atomic E-state index is 12.5. The van der Waals surface area contributed by atoms with Crippen molar-refractivity contribution in [3.05, 3.63) is 12.7 Å². The zero-order valence-electron chi connectivity index (χ0n) is 7.83. The molecule has 0 aromatic heterocycles. The van der Waals surface area contributed by atoms with E-state index in [2.05, 4.69) is 6.58 Å². The van der Waals surface area contributed by atoms with Crippen LogP contribution in [0, 0.1) is 17.3 Å². The van der Waals surface area contributed by atoms with Crippen molar-refractivity contribution in [2.75, 3.05) is 0 Å². The van der Waals surface area contributed by atoms with Gasteiger partial charge >= 0.3 is 6.18 Å². The van der Waals surface area contributed by atoms with Gasteiger partial charge in [-0.25, -0.2) is 0 Å². The van der Waals surface area contributed by atoms with E-state index in [1.807, 2.05) is 0 Å². The van der Waals surface area contributed by atoms with Crippen LogP contribution in [0.3, 0.4) is 0 Å². The molecule has 1 fully saturated rings. The Labute approximate surface area is 91.1 Å². The van der Waals surface area contributed by atoms with Gasteiger partial charge in [-0.1, -0.05) is 19.9 Å². The Balaban J connectivity index is 2.92. The van der Waals surface area contributed by atoms with E-state index in [4.69, 9.17) is 23.2 Å². The summed E-state index contributed by atoms with van der Waals surface area (Å²) < 4.78 is 36.2. The molecule has 5 heteroatoms. The third kappa shape index (κ3) is 1.54. The van der Waals surface area contributed by atoms with Crippen LogP contribution in [0.4, 0.5) is 13.2 Å². The molecule has 0 heterocycles. The molecule has 1 rings (SSSR count). The third-order valence-corrected chi connectivity index (χ3v) is 4.38. The first-order valence-corrected chi connectivity index (χ1v) is 4.89. The summed E-state index contributed by atoms with van der Waals surface area (Å²) >= 11 is 11.6. The minimum atomic E-state index is -4.32. The summed E-state index contributed by atoms with van der Waals surface area (Å²) in [4.78, 5) is 0. The van der Waals surface area contributed by atoms with E-state index in [1.165, 1.54) is 0 Å². The second-order valence-corrected chi connectivity index (χ2v) is 5.51. The van der Waals surface area contributed by atoms with Crippen LogP contribution in [0.1, 0.15) is 13.8 Å². The molecular weight excluding hydrogens is 236 g/mol. The molecule has 0 radical (unpaired) electrons. The quantitative estimate of drug-likeness (QED) is 0.507. The van der Waals surface area contributed by atoms with Crippen molar-refractivity contribution in [2.24, 2.45) is 17.3 Å². The van der Waals surface area contributed by atoms with Gasteiger partial charge in [0.25, 0.3) is 0 Å². The number of allylic oxidation sites excluding steroid dienone is 1. The van der Waals surface area contributed by atoms with Gasteiger partial charge in [-0.15, -0.1) is 29.8 Å². The Kier molecular flexibility index (Phi) is 2.65. The molecule has 1 aliphatic rings. The minimum absolute atomic E-state index is 0.718. The first kappa shape index (κ1) is 12.2. The molecule has 0 saturated heterocycles. The van der Waals surface area contributed by atoms with Crippen molar-refractivity contribution < 1.29 is 13.2 Å². The van der Waals surface area contributed by atoms with Crippen LogP contribution in [-0.4, -0.2) is 10.5 Å². The maximum Gasteiger partial charge on any atom is 0.395 e. The fraction of sp³-hybridized carbons (Fsp3) is 0.778. The molecule has 0 N–H and O–H groups in total. The highest BCUT2D eigenvalue weighted by Gasteiger charge is 2.75. The first-order valence-electron chi connectivity index (χ1n) is 4.14. The SMILES string of the molecule is C=CC(C1C(C)(C)C1(Cl)Cl)C(F)(F)F. The summed E-state index contributed by atoms with van der Waals surface area (Å²) in [5.74, 6) is -2.44. The zero-order chi connectivity index (χ0) is 11.4. The van der Waals surface area contributed by atoms with Gasteiger partial charge in [0, 0.05) is 11.3 Å². The normalized spacial score (nSPS) is 30.9. The number of rotatable bonds is 2. The summed E-state index contributed by atoms with van der Waals surface area (Å²) in [5, 5.41) is 0. The second-order valence-electron chi connectivity index (χ2n) is 4.13. The summed E-state index contributed by atoms with van der Waals surface area (Å²) in [5.41, 5.74) is -0.718. The fourth-order valence-corrected chi connectivity index (χ4v) is 2.77. The van der Waals surface area contributed by atoms with Crippen LogP contribution in [0.15, 0.2) is 12.7 Å². The molecule has 0 aromatic rings. The van der Waals surface area contributed by atoms with E-state index < -0.39 is 27.8 Å². The average molecular weight is 247 g/mol. The van der Waals surface area contributed by atoms with Gasteiger partial charge in [-0.05, 0) is 0 Å². The van der Waals surface area contributed by atoms with Crippen molar-refractivity contribution in [1.82, 2.24) is 0 Å². The molecule has 0 amide bonds. The van der Waals surface area contributed by atoms with Crippen molar-refractivity contribution in [3.63, 3.8) is 0 Å². The van der Waals surface area contributed by atoms with Gasteiger partial charge < -0.3 is 0 Å². The van der Waals surface area contributed by atoms with Crippen molar-refractivity contribution >= 4 is 23.2 Å². The molecule has 1 saturated carbocycles. The molecule has 0 spiro atoms. The van der Waals surface area contributed by atoms with Gasteiger partial charge in [0.15, 0.2) is 0 Å². The van der Waals surface area contributed by atoms with Crippen molar-refractivity contribution in [1.29, 1.82) is 0 Å². The summed E-state index contributed by atoms with van der Waals surface area (Å²) in [7, 11) is 0. The topological polar surface area (TPSA) is 0 Å². The molecule has 0 aliphatic heterocycles. The van der Waals surface area contributed by atoms with Crippen LogP contribution in [0.5, 0.6) is 0 Å². The number of alkyl halides is 5. The maximum absolute atomic E-state index is 12.5. The highest BCUT2D eigenvalue weighted by molar-refractivity contribution is 6.51. The van der Waals surface area contributed by atoms with E-state index in [-0.39, 0.29) is 0 Å². The molecule has 1 aliphatic carbocycles. The molecule has 2 unspecified atom stereocenters. The Bertz CT molecular complexity index is 241. The van der Waals surface area contributed by atoms with E-state index in [1.54, 1.807) is 13.8 Å². The molecule has 0 bridgehead atoms. The second kappa shape index (κ2) is 3.05. The minimum Gasteiger partial charge on any atom is -0.170 e. The Hall–Kier alpha value is 0.110. The lowest BCUT2D eigenvalue weighted by atomic mass is 9.97. The number of hydrogen-bond donors (Lipinski definition) is 0. The molecule has 0 nitrogen and oxygen atoms in total. The van der Waals surface area contributed by atoms with E-state index in [9.17, 15) is 13.2 Å². The van der Waals surface area contributed by atoms with Crippen molar-refractivity contribution in [2.45, 2.75) is 24.4 Å².